The lowest BCUT2D eigenvalue weighted by molar-refractivity contribution is -0.153. The molecule has 0 unspecified atom stereocenters. The number of hydrogen-bond donors (Lipinski definition) is 1. The summed E-state index contributed by atoms with van der Waals surface area (Å²) < 4.78 is 53.6. The van der Waals surface area contributed by atoms with Gasteiger partial charge in [0.1, 0.15) is 11.4 Å². The Morgan fingerprint density at radius 3 is 2.61 bits per heavy atom. The van der Waals surface area contributed by atoms with Crippen LogP contribution in [0.5, 0.6) is 5.75 Å². The second-order valence-electron chi connectivity index (χ2n) is 7.99. The Hall–Kier alpha value is -2.88. The van der Waals surface area contributed by atoms with Crippen LogP contribution in [0.3, 0.4) is 0 Å². The number of ether oxygens (including phenoxy) is 2. The zero-order chi connectivity index (χ0) is 22.2. The summed E-state index contributed by atoms with van der Waals surface area (Å²) in [6.45, 7) is 6.53. The lowest BCUT2D eigenvalue weighted by atomic mass is 9.97. The molecule has 0 amide bonds. The van der Waals surface area contributed by atoms with E-state index in [0.717, 1.165) is 16.5 Å². The topological polar surface area (TPSA) is 82.3 Å². The smallest absolute Gasteiger partial charge is 0.422 e. The van der Waals surface area contributed by atoms with E-state index in [4.69, 9.17) is 18.9 Å². The van der Waals surface area contributed by atoms with Gasteiger partial charge in [-0.2, -0.15) is 13.2 Å². The summed E-state index contributed by atoms with van der Waals surface area (Å²) in [6, 6.07) is 5.27. The Kier molecular flexibility index (Phi) is 5.74. The molecule has 0 bridgehead atoms. The summed E-state index contributed by atoms with van der Waals surface area (Å²) in [5.74, 6) is 0.877. The molecule has 0 radical (unpaired) electrons. The fourth-order valence-electron chi connectivity index (χ4n) is 3.32. The summed E-state index contributed by atoms with van der Waals surface area (Å²) in [5.41, 5.74) is 2.77. The van der Waals surface area contributed by atoms with Gasteiger partial charge < -0.3 is 19.2 Å². The Morgan fingerprint density at radius 1 is 1.19 bits per heavy atom. The molecule has 1 aliphatic heterocycles. The van der Waals surface area contributed by atoms with Gasteiger partial charge in [0.15, 0.2) is 6.61 Å². The molecule has 7 nitrogen and oxygen atoms in total. The number of hydrogen-bond acceptors (Lipinski definition) is 7. The van der Waals surface area contributed by atoms with Gasteiger partial charge >= 0.3 is 12.2 Å². The van der Waals surface area contributed by atoms with Gasteiger partial charge in [-0.25, -0.2) is 4.98 Å². The van der Waals surface area contributed by atoms with E-state index >= 15 is 0 Å². The first-order valence-electron chi connectivity index (χ1n) is 10.00. The third kappa shape index (κ3) is 4.90. The van der Waals surface area contributed by atoms with E-state index in [1.54, 1.807) is 18.2 Å². The molecule has 2 aromatic heterocycles. The average Bonchev–Trinajstić information content (AvgIpc) is 3.13. The van der Waals surface area contributed by atoms with Crippen LogP contribution in [0.1, 0.15) is 30.9 Å². The SMILES string of the molecule is Cc1cc(-c2nnc(NCC3COC3)o2)nc2c(C(C)C)cc(OCC(F)(F)F)cc12. The number of alkyl halides is 3. The molecule has 31 heavy (non-hydrogen) atoms. The van der Waals surface area contributed by atoms with Crippen molar-refractivity contribution < 1.29 is 27.1 Å². The quantitative estimate of drug-likeness (QED) is 0.574. The van der Waals surface area contributed by atoms with E-state index in [1.807, 2.05) is 20.8 Å². The van der Waals surface area contributed by atoms with E-state index in [9.17, 15) is 13.2 Å². The average molecular weight is 436 g/mol. The number of benzene rings is 1. The number of fused-ring (bicyclic) bond motifs is 1. The molecule has 1 N–H and O–H groups in total. The molecule has 0 aliphatic carbocycles. The van der Waals surface area contributed by atoms with Crippen molar-refractivity contribution >= 4 is 16.9 Å². The van der Waals surface area contributed by atoms with Crippen molar-refractivity contribution in [1.82, 2.24) is 15.2 Å². The van der Waals surface area contributed by atoms with Gasteiger partial charge in [-0.3, -0.25) is 0 Å². The molecule has 1 fully saturated rings. The summed E-state index contributed by atoms with van der Waals surface area (Å²) >= 11 is 0. The van der Waals surface area contributed by atoms with Crippen molar-refractivity contribution in [2.45, 2.75) is 32.9 Å². The molecule has 3 heterocycles. The van der Waals surface area contributed by atoms with E-state index in [2.05, 4.69) is 15.5 Å². The normalized spacial score (nSPS) is 14.8. The Labute approximate surface area is 177 Å². The van der Waals surface area contributed by atoms with E-state index in [-0.39, 0.29) is 17.6 Å². The maximum Gasteiger partial charge on any atom is 0.422 e. The molecular formula is C21H23F3N4O3. The van der Waals surface area contributed by atoms with Crippen molar-refractivity contribution in [3.8, 4) is 17.3 Å². The molecule has 0 spiro atoms. The van der Waals surface area contributed by atoms with Crippen LogP contribution in [0.25, 0.3) is 22.5 Å². The van der Waals surface area contributed by atoms with Crippen molar-refractivity contribution in [3.05, 3.63) is 29.3 Å². The second kappa shape index (κ2) is 8.33. The van der Waals surface area contributed by atoms with Gasteiger partial charge in [-0.1, -0.05) is 18.9 Å². The number of aromatic nitrogens is 3. The van der Waals surface area contributed by atoms with Crippen LogP contribution in [-0.2, 0) is 4.74 Å². The van der Waals surface area contributed by atoms with Crippen LogP contribution in [0.2, 0.25) is 0 Å². The number of nitrogens with one attached hydrogen (secondary N) is 1. The number of anilines is 1. The van der Waals surface area contributed by atoms with Gasteiger partial charge in [0.05, 0.1) is 18.7 Å². The van der Waals surface area contributed by atoms with Crippen molar-refractivity contribution in [2.75, 3.05) is 31.7 Å². The van der Waals surface area contributed by atoms with Gasteiger partial charge in [0, 0.05) is 17.8 Å². The maximum absolute atomic E-state index is 12.6. The number of rotatable bonds is 7. The zero-order valence-corrected chi connectivity index (χ0v) is 17.4. The predicted octanol–water partition coefficient (Wildman–Crippen LogP) is 4.72. The fourth-order valence-corrected chi connectivity index (χ4v) is 3.32. The summed E-state index contributed by atoms with van der Waals surface area (Å²) in [5, 5.41) is 11.9. The molecule has 3 aromatic rings. The summed E-state index contributed by atoms with van der Waals surface area (Å²) in [6.07, 6.45) is -4.40. The van der Waals surface area contributed by atoms with Crippen molar-refractivity contribution in [3.63, 3.8) is 0 Å². The number of aryl methyl sites for hydroxylation is 1. The molecule has 10 heteroatoms. The van der Waals surface area contributed by atoms with Crippen LogP contribution < -0.4 is 10.1 Å². The third-order valence-corrected chi connectivity index (χ3v) is 5.04. The highest BCUT2D eigenvalue weighted by Gasteiger charge is 2.29. The Balaban J connectivity index is 1.65. The highest BCUT2D eigenvalue weighted by molar-refractivity contribution is 5.88. The maximum atomic E-state index is 12.6. The minimum atomic E-state index is -4.40. The second-order valence-corrected chi connectivity index (χ2v) is 7.99. The Morgan fingerprint density at radius 2 is 1.97 bits per heavy atom. The monoisotopic (exact) mass is 436 g/mol. The lowest BCUT2D eigenvalue weighted by Crippen LogP contribution is -2.33. The molecule has 1 aliphatic rings. The third-order valence-electron chi connectivity index (χ3n) is 5.04. The first-order valence-corrected chi connectivity index (χ1v) is 10.00. The standard InChI is InChI=1S/C21H23F3N4O3/c1-11(2)15-5-14(30-10-21(22,23)24)6-16-12(3)4-17(26-18(15)16)19-27-28-20(31-19)25-7-13-8-29-9-13/h4-6,11,13H,7-10H2,1-3H3,(H,25,28). The highest BCUT2D eigenvalue weighted by Crippen LogP contribution is 2.34. The predicted molar refractivity (Wildman–Crippen MR) is 108 cm³/mol. The number of nitrogens with zero attached hydrogens (tertiary/aromatic N) is 3. The van der Waals surface area contributed by atoms with Gasteiger partial charge in [0.2, 0.25) is 0 Å². The number of pyridine rings is 1. The largest absolute Gasteiger partial charge is 0.484 e. The van der Waals surface area contributed by atoms with E-state index in [0.29, 0.717) is 42.9 Å². The van der Waals surface area contributed by atoms with Crippen LogP contribution >= 0.6 is 0 Å². The molecular weight excluding hydrogens is 413 g/mol. The first kappa shape index (κ1) is 21.4. The van der Waals surface area contributed by atoms with Crippen LogP contribution in [-0.4, -0.2) is 47.7 Å². The van der Waals surface area contributed by atoms with Crippen LogP contribution in [0, 0.1) is 12.8 Å². The first-order chi connectivity index (χ1) is 14.7. The summed E-state index contributed by atoms with van der Waals surface area (Å²) in [7, 11) is 0. The molecule has 0 atom stereocenters. The molecule has 166 valence electrons. The van der Waals surface area contributed by atoms with Gasteiger partial charge in [-0.05, 0) is 42.2 Å². The number of halogens is 3. The van der Waals surface area contributed by atoms with Crippen LogP contribution in [0.4, 0.5) is 19.2 Å². The lowest BCUT2D eigenvalue weighted by Gasteiger charge is -2.25. The van der Waals surface area contributed by atoms with Crippen LogP contribution in [0.15, 0.2) is 22.6 Å². The minimum Gasteiger partial charge on any atom is -0.484 e. The van der Waals surface area contributed by atoms with Crippen molar-refractivity contribution in [1.29, 1.82) is 0 Å². The zero-order valence-electron chi connectivity index (χ0n) is 17.4. The Bertz CT molecular complexity index is 1080. The van der Waals surface area contributed by atoms with Gasteiger partial charge in [0.25, 0.3) is 5.89 Å². The van der Waals surface area contributed by atoms with Crippen molar-refractivity contribution in [2.24, 2.45) is 5.92 Å². The molecule has 1 saturated heterocycles. The molecule has 0 saturated carbocycles. The minimum absolute atomic E-state index is 0.0173. The molecule has 4 rings (SSSR count). The van der Waals surface area contributed by atoms with Gasteiger partial charge in [-0.15, -0.1) is 5.10 Å². The molecule has 1 aromatic carbocycles. The fraction of sp³-hybridized carbons (Fsp3) is 0.476. The van der Waals surface area contributed by atoms with E-state index in [1.165, 1.54) is 0 Å². The summed E-state index contributed by atoms with van der Waals surface area (Å²) in [4.78, 5) is 4.69. The highest BCUT2D eigenvalue weighted by atomic mass is 19.4. The van der Waals surface area contributed by atoms with E-state index < -0.39 is 12.8 Å².